The first-order valence-corrected chi connectivity index (χ1v) is 7.43. The Bertz CT molecular complexity index is 499. The van der Waals surface area contributed by atoms with E-state index >= 15 is 0 Å². The van der Waals surface area contributed by atoms with E-state index in [1.807, 2.05) is 31.2 Å². The van der Waals surface area contributed by atoms with Crippen LogP contribution in [0.2, 0.25) is 0 Å². The Morgan fingerprint density at radius 3 is 2.76 bits per heavy atom. The number of carbonyl (C=O) groups excluding carboxylic acids is 1. The van der Waals surface area contributed by atoms with Gasteiger partial charge in [-0.2, -0.15) is 0 Å². The Balaban J connectivity index is 1.80. The summed E-state index contributed by atoms with van der Waals surface area (Å²) in [6, 6.07) is 7.52. The Labute approximate surface area is 126 Å². The monoisotopic (exact) mass is 289 g/mol. The molecule has 1 aliphatic rings. The minimum atomic E-state index is -0.107. The lowest BCUT2D eigenvalue weighted by molar-refractivity contribution is -0.125. The molecule has 0 radical (unpaired) electrons. The van der Waals surface area contributed by atoms with Gasteiger partial charge >= 0.3 is 0 Å². The maximum Gasteiger partial charge on any atom is 0.223 e. The molecule has 0 spiro atoms. The van der Waals surface area contributed by atoms with Crippen molar-refractivity contribution in [3.8, 4) is 11.5 Å². The number of hydrogen-bond acceptors (Lipinski definition) is 3. The number of allylic oxidation sites excluding steroid dienone is 2. The van der Waals surface area contributed by atoms with E-state index in [0.717, 1.165) is 19.3 Å². The molecule has 1 aromatic rings. The van der Waals surface area contributed by atoms with E-state index in [0.29, 0.717) is 18.0 Å². The highest BCUT2D eigenvalue weighted by atomic mass is 16.5. The number of carbonyl (C=O) groups is 1. The van der Waals surface area contributed by atoms with Crippen LogP contribution >= 0.6 is 0 Å². The predicted molar refractivity (Wildman–Crippen MR) is 82.6 cm³/mol. The van der Waals surface area contributed by atoms with E-state index in [4.69, 9.17) is 9.47 Å². The summed E-state index contributed by atoms with van der Waals surface area (Å²) in [6.45, 7) is 2.44. The molecule has 0 bridgehead atoms. The zero-order chi connectivity index (χ0) is 15.1. The molecule has 0 fully saturated rings. The van der Waals surface area contributed by atoms with Gasteiger partial charge in [0.1, 0.15) is 6.10 Å². The van der Waals surface area contributed by atoms with Crippen molar-refractivity contribution in [2.45, 2.75) is 32.3 Å². The summed E-state index contributed by atoms with van der Waals surface area (Å²) in [4.78, 5) is 12.1. The normalized spacial score (nSPS) is 18.9. The van der Waals surface area contributed by atoms with E-state index in [9.17, 15) is 4.79 Å². The van der Waals surface area contributed by atoms with Gasteiger partial charge < -0.3 is 14.8 Å². The molecule has 4 heteroatoms. The Morgan fingerprint density at radius 2 is 2.10 bits per heavy atom. The molecule has 114 valence electrons. The van der Waals surface area contributed by atoms with E-state index in [1.54, 1.807) is 7.11 Å². The average Bonchev–Trinajstić information content (AvgIpc) is 2.54. The molecule has 4 nitrogen and oxygen atoms in total. The van der Waals surface area contributed by atoms with Gasteiger partial charge in [-0.05, 0) is 38.3 Å². The molecule has 0 heterocycles. The number of hydrogen-bond donors (Lipinski definition) is 1. The molecule has 2 rings (SSSR count). The zero-order valence-electron chi connectivity index (χ0n) is 12.7. The molecule has 1 aliphatic carbocycles. The number of nitrogens with one attached hydrogen (secondary N) is 1. The highest BCUT2D eigenvalue weighted by Crippen LogP contribution is 2.26. The lowest BCUT2D eigenvalue weighted by Crippen LogP contribution is -2.37. The molecular formula is C17H23NO3. The molecule has 1 amide bonds. The number of rotatable bonds is 6. The first-order chi connectivity index (χ1) is 10.2. The molecule has 0 aliphatic heterocycles. The Morgan fingerprint density at radius 1 is 1.33 bits per heavy atom. The van der Waals surface area contributed by atoms with Crippen LogP contribution in [0.25, 0.3) is 0 Å². The number of benzene rings is 1. The second-order valence-corrected chi connectivity index (χ2v) is 5.31. The first kappa shape index (κ1) is 15.4. The van der Waals surface area contributed by atoms with E-state index in [1.165, 1.54) is 0 Å². The number of ether oxygens (including phenoxy) is 2. The van der Waals surface area contributed by atoms with Gasteiger partial charge in [-0.1, -0.05) is 24.3 Å². The van der Waals surface area contributed by atoms with Crippen molar-refractivity contribution in [2.24, 2.45) is 5.92 Å². The van der Waals surface area contributed by atoms with Crippen molar-refractivity contribution < 1.29 is 14.3 Å². The maximum atomic E-state index is 12.1. The minimum absolute atomic E-state index is 0.105. The largest absolute Gasteiger partial charge is 0.493 e. The SMILES string of the molecule is COc1ccccc1O[C@@H](C)CNC(=O)[C@@H]1CC=CCC1. The van der Waals surface area contributed by atoms with Crippen LogP contribution in [0.15, 0.2) is 36.4 Å². The fourth-order valence-electron chi connectivity index (χ4n) is 2.39. The van der Waals surface area contributed by atoms with Gasteiger partial charge in [0, 0.05) is 5.92 Å². The second kappa shape index (κ2) is 7.72. The van der Waals surface area contributed by atoms with Crippen LogP contribution in [0.4, 0.5) is 0 Å². The van der Waals surface area contributed by atoms with Crippen molar-refractivity contribution in [3.05, 3.63) is 36.4 Å². The predicted octanol–water partition coefficient (Wildman–Crippen LogP) is 2.94. The average molecular weight is 289 g/mol. The van der Waals surface area contributed by atoms with Crippen LogP contribution in [-0.4, -0.2) is 25.7 Å². The van der Waals surface area contributed by atoms with E-state index < -0.39 is 0 Å². The number of para-hydroxylation sites is 2. The van der Waals surface area contributed by atoms with E-state index in [-0.39, 0.29) is 17.9 Å². The second-order valence-electron chi connectivity index (χ2n) is 5.31. The molecule has 2 atom stereocenters. The molecular weight excluding hydrogens is 266 g/mol. The van der Waals surface area contributed by atoms with Crippen molar-refractivity contribution >= 4 is 5.91 Å². The fourth-order valence-corrected chi connectivity index (χ4v) is 2.39. The first-order valence-electron chi connectivity index (χ1n) is 7.43. The smallest absolute Gasteiger partial charge is 0.223 e. The minimum Gasteiger partial charge on any atom is -0.493 e. The van der Waals surface area contributed by atoms with Crippen LogP contribution < -0.4 is 14.8 Å². The number of methoxy groups -OCH3 is 1. The molecule has 0 saturated carbocycles. The summed E-state index contributed by atoms with van der Waals surface area (Å²) >= 11 is 0. The van der Waals surface area contributed by atoms with Crippen molar-refractivity contribution in [1.82, 2.24) is 5.32 Å². The fraction of sp³-hybridized carbons (Fsp3) is 0.471. The summed E-state index contributed by atoms with van der Waals surface area (Å²) in [5.41, 5.74) is 0. The van der Waals surface area contributed by atoms with Gasteiger partial charge in [-0.25, -0.2) is 0 Å². The summed E-state index contributed by atoms with van der Waals surface area (Å²) in [5.74, 6) is 1.62. The van der Waals surface area contributed by atoms with Gasteiger partial charge in [-0.15, -0.1) is 0 Å². The van der Waals surface area contributed by atoms with Gasteiger partial charge in [0.15, 0.2) is 11.5 Å². The van der Waals surface area contributed by atoms with Crippen LogP contribution in [0, 0.1) is 5.92 Å². The summed E-state index contributed by atoms with van der Waals surface area (Å²) in [5, 5.41) is 2.97. The standard InChI is InChI=1S/C17H23NO3/c1-13(21-16-11-7-6-10-15(16)20-2)12-18-17(19)14-8-4-3-5-9-14/h3-4,6-7,10-11,13-14H,5,8-9,12H2,1-2H3,(H,18,19)/t13-,14+/m0/s1. The molecule has 0 saturated heterocycles. The Hall–Kier alpha value is -1.97. The third kappa shape index (κ3) is 4.52. The topological polar surface area (TPSA) is 47.6 Å². The summed E-state index contributed by atoms with van der Waals surface area (Å²) in [6.07, 6.45) is 6.88. The lowest BCUT2D eigenvalue weighted by Gasteiger charge is -2.20. The molecule has 1 aromatic carbocycles. The molecule has 0 aromatic heterocycles. The summed E-state index contributed by atoms with van der Waals surface area (Å²) in [7, 11) is 1.62. The molecule has 0 unspecified atom stereocenters. The molecule has 21 heavy (non-hydrogen) atoms. The zero-order valence-corrected chi connectivity index (χ0v) is 12.7. The quantitative estimate of drug-likeness (QED) is 0.819. The van der Waals surface area contributed by atoms with Crippen molar-refractivity contribution in [3.63, 3.8) is 0 Å². The van der Waals surface area contributed by atoms with Gasteiger partial charge in [0.25, 0.3) is 0 Å². The van der Waals surface area contributed by atoms with Crippen LogP contribution in [0.3, 0.4) is 0 Å². The van der Waals surface area contributed by atoms with Gasteiger partial charge in [0.2, 0.25) is 5.91 Å². The highest BCUT2D eigenvalue weighted by molar-refractivity contribution is 5.79. The Kier molecular flexibility index (Phi) is 5.67. The van der Waals surface area contributed by atoms with Crippen LogP contribution in [0.5, 0.6) is 11.5 Å². The molecule has 1 N–H and O–H groups in total. The lowest BCUT2D eigenvalue weighted by atomic mass is 9.94. The van der Waals surface area contributed by atoms with Gasteiger partial charge in [-0.3, -0.25) is 4.79 Å². The maximum absolute atomic E-state index is 12.1. The number of amides is 1. The van der Waals surface area contributed by atoms with Crippen LogP contribution in [-0.2, 0) is 4.79 Å². The van der Waals surface area contributed by atoms with Crippen molar-refractivity contribution in [1.29, 1.82) is 0 Å². The van der Waals surface area contributed by atoms with Crippen LogP contribution in [0.1, 0.15) is 26.2 Å². The van der Waals surface area contributed by atoms with Crippen molar-refractivity contribution in [2.75, 3.05) is 13.7 Å². The van der Waals surface area contributed by atoms with E-state index in [2.05, 4.69) is 17.5 Å². The third-order valence-electron chi connectivity index (χ3n) is 3.60. The highest BCUT2D eigenvalue weighted by Gasteiger charge is 2.19. The van der Waals surface area contributed by atoms with Gasteiger partial charge in [0.05, 0.1) is 13.7 Å². The summed E-state index contributed by atoms with van der Waals surface area (Å²) < 4.78 is 11.1. The third-order valence-corrected chi connectivity index (χ3v) is 3.60.